The lowest BCUT2D eigenvalue weighted by atomic mass is 10.1. The highest BCUT2D eigenvalue weighted by Gasteiger charge is 2.22. The van der Waals surface area contributed by atoms with Crippen molar-refractivity contribution < 1.29 is 9.53 Å². The minimum atomic E-state index is 0.163. The molecule has 0 saturated carbocycles. The molecule has 1 aliphatic heterocycles. The van der Waals surface area contributed by atoms with Gasteiger partial charge in [0.15, 0.2) is 0 Å². The van der Waals surface area contributed by atoms with E-state index in [1.54, 1.807) is 18.4 Å². The summed E-state index contributed by atoms with van der Waals surface area (Å²) in [5.41, 5.74) is 1.97. The monoisotopic (exact) mass is 407 g/mol. The van der Waals surface area contributed by atoms with Gasteiger partial charge < -0.3 is 9.64 Å². The van der Waals surface area contributed by atoms with E-state index in [-0.39, 0.29) is 5.91 Å². The summed E-state index contributed by atoms with van der Waals surface area (Å²) >= 11 is 7.76. The van der Waals surface area contributed by atoms with E-state index in [2.05, 4.69) is 23.7 Å². The van der Waals surface area contributed by atoms with Gasteiger partial charge in [0.2, 0.25) is 5.91 Å². The van der Waals surface area contributed by atoms with Crippen LogP contribution in [-0.4, -0.2) is 54.0 Å². The molecular weight excluding hydrogens is 382 g/mol. The molecule has 0 aliphatic carbocycles. The molecule has 0 atom stereocenters. The van der Waals surface area contributed by atoms with Crippen molar-refractivity contribution in [1.29, 1.82) is 0 Å². The summed E-state index contributed by atoms with van der Waals surface area (Å²) < 4.78 is 5.43. The topological polar surface area (TPSA) is 45.7 Å². The number of carbonyl (C=O) groups is 1. The van der Waals surface area contributed by atoms with E-state index in [9.17, 15) is 4.79 Å². The molecule has 146 valence electrons. The summed E-state index contributed by atoms with van der Waals surface area (Å²) in [6, 6.07) is 5.69. The molecule has 1 amide bonds. The molecule has 2 aromatic rings. The smallest absolute Gasteiger partial charge is 0.228 e. The molecule has 27 heavy (non-hydrogen) atoms. The number of hydrogen-bond acceptors (Lipinski definition) is 5. The Hall–Kier alpha value is -1.63. The molecule has 1 fully saturated rings. The second kappa shape index (κ2) is 9.04. The zero-order valence-corrected chi connectivity index (χ0v) is 17.6. The first-order valence-electron chi connectivity index (χ1n) is 9.23. The maximum absolute atomic E-state index is 12.6. The standard InChI is InChI=1S/C20H26ClN3O2S/c1-14(2)20-22-17(13-27-20)11-19(25)24-8-6-23(7-9-24)12-15-10-16(21)4-5-18(15)26-3/h4-5,10,13-14H,6-9,11-12H2,1-3H3. The van der Waals surface area contributed by atoms with Crippen molar-refractivity contribution in [2.24, 2.45) is 0 Å². The van der Waals surface area contributed by atoms with Gasteiger partial charge in [-0.1, -0.05) is 25.4 Å². The van der Waals surface area contributed by atoms with E-state index in [4.69, 9.17) is 16.3 Å². The number of amides is 1. The molecule has 1 aromatic carbocycles. The van der Waals surface area contributed by atoms with Gasteiger partial charge in [-0.25, -0.2) is 4.98 Å². The number of ether oxygens (including phenoxy) is 1. The molecule has 3 rings (SSSR count). The van der Waals surface area contributed by atoms with Gasteiger partial charge in [-0.3, -0.25) is 9.69 Å². The normalized spacial score (nSPS) is 15.4. The number of halogens is 1. The molecule has 1 aliphatic rings. The number of hydrogen-bond donors (Lipinski definition) is 0. The average Bonchev–Trinajstić information content (AvgIpc) is 3.11. The van der Waals surface area contributed by atoms with E-state index >= 15 is 0 Å². The number of rotatable bonds is 6. The third kappa shape index (κ3) is 5.21. The van der Waals surface area contributed by atoms with E-state index in [1.165, 1.54) is 0 Å². The molecule has 1 aromatic heterocycles. The van der Waals surface area contributed by atoms with Crippen molar-refractivity contribution in [3.8, 4) is 5.75 Å². The fourth-order valence-corrected chi connectivity index (χ4v) is 4.23. The number of carbonyl (C=O) groups excluding carboxylic acids is 1. The van der Waals surface area contributed by atoms with Crippen molar-refractivity contribution in [2.75, 3.05) is 33.3 Å². The number of methoxy groups -OCH3 is 1. The van der Waals surface area contributed by atoms with Gasteiger partial charge in [-0.05, 0) is 18.2 Å². The van der Waals surface area contributed by atoms with Gasteiger partial charge in [0.1, 0.15) is 5.75 Å². The van der Waals surface area contributed by atoms with Crippen LogP contribution in [0.4, 0.5) is 0 Å². The van der Waals surface area contributed by atoms with Crippen LogP contribution in [0.25, 0.3) is 0 Å². The first kappa shape index (κ1) is 20.1. The Morgan fingerprint density at radius 3 is 2.67 bits per heavy atom. The molecule has 0 spiro atoms. The molecule has 0 N–H and O–H groups in total. The van der Waals surface area contributed by atoms with Gasteiger partial charge >= 0.3 is 0 Å². The summed E-state index contributed by atoms with van der Waals surface area (Å²) in [5.74, 6) is 1.42. The van der Waals surface area contributed by atoms with Crippen molar-refractivity contribution in [1.82, 2.24) is 14.8 Å². The highest BCUT2D eigenvalue weighted by atomic mass is 35.5. The fourth-order valence-electron chi connectivity index (χ4n) is 3.20. The maximum Gasteiger partial charge on any atom is 0.228 e. The van der Waals surface area contributed by atoms with Crippen molar-refractivity contribution in [3.63, 3.8) is 0 Å². The molecule has 0 radical (unpaired) electrons. The Morgan fingerprint density at radius 2 is 2.04 bits per heavy atom. The minimum absolute atomic E-state index is 0.163. The summed E-state index contributed by atoms with van der Waals surface area (Å²) in [7, 11) is 1.67. The van der Waals surface area contributed by atoms with Crippen LogP contribution in [0.2, 0.25) is 5.02 Å². The number of piperazine rings is 1. The van der Waals surface area contributed by atoms with Crippen LogP contribution in [0.15, 0.2) is 23.6 Å². The highest BCUT2D eigenvalue weighted by Crippen LogP contribution is 2.24. The lowest BCUT2D eigenvalue weighted by Crippen LogP contribution is -2.48. The third-order valence-corrected chi connectivity index (χ3v) is 6.19. The summed E-state index contributed by atoms with van der Waals surface area (Å²) in [4.78, 5) is 21.4. The predicted octanol–water partition coefficient (Wildman–Crippen LogP) is 3.82. The Labute approximate surface area is 169 Å². The van der Waals surface area contributed by atoms with Crippen LogP contribution in [0, 0.1) is 0 Å². The van der Waals surface area contributed by atoms with Crippen molar-refractivity contribution in [2.45, 2.75) is 32.7 Å². The van der Waals surface area contributed by atoms with E-state index in [1.807, 2.05) is 28.5 Å². The molecule has 2 heterocycles. The van der Waals surface area contributed by atoms with Gasteiger partial charge in [0, 0.05) is 54.6 Å². The van der Waals surface area contributed by atoms with Crippen LogP contribution in [0.1, 0.15) is 36.0 Å². The van der Waals surface area contributed by atoms with Crippen LogP contribution < -0.4 is 4.74 Å². The lowest BCUT2D eigenvalue weighted by molar-refractivity contribution is -0.132. The van der Waals surface area contributed by atoms with Crippen LogP contribution in [0.5, 0.6) is 5.75 Å². The van der Waals surface area contributed by atoms with E-state index in [0.29, 0.717) is 17.4 Å². The number of nitrogens with zero attached hydrogens (tertiary/aromatic N) is 3. The molecule has 7 heteroatoms. The molecule has 0 unspecified atom stereocenters. The number of thiazole rings is 1. The fraction of sp³-hybridized carbons (Fsp3) is 0.500. The summed E-state index contributed by atoms with van der Waals surface area (Å²) in [5, 5.41) is 3.82. The third-order valence-electron chi connectivity index (χ3n) is 4.76. The molecular formula is C20H26ClN3O2S. The van der Waals surface area contributed by atoms with Crippen LogP contribution in [-0.2, 0) is 17.8 Å². The van der Waals surface area contributed by atoms with Crippen LogP contribution >= 0.6 is 22.9 Å². The van der Waals surface area contributed by atoms with Gasteiger partial charge in [0.05, 0.1) is 24.2 Å². The van der Waals surface area contributed by atoms with Gasteiger partial charge in [-0.15, -0.1) is 11.3 Å². The second-order valence-corrected chi connectivity index (χ2v) is 8.45. The Morgan fingerprint density at radius 1 is 1.30 bits per heavy atom. The molecule has 0 bridgehead atoms. The SMILES string of the molecule is COc1ccc(Cl)cc1CN1CCN(C(=O)Cc2csc(C(C)C)n2)CC1. The van der Waals surface area contributed by atoms with E-state index in [0.717, 1.165) is 54.7 Å². The average molecular weight is 408 g/mol. The number of aromatic nitrogens is 1. The van der Waals surface area contributed by atoms with E-state index < -0.39 is 0 Å². The summed E-state index contributed by atoms with van der Waals surface area (Å²) in [6.07, 6.45) is 0.394. The minimum Gasteiger partial charge on any atom is -0.496 e. The van der Waals surface area contributed by atoms with Crippen LogP contribution in [0.3, 0.4) is 0 Å². The first-order valence-corrected chi connectivity index (χ1v) is 10.5. The maximum atomic E-state index is 12.6. The Bertz CT molecular complexity index is 785. The highest BCUT2D eigenvalue weighted by molar-refractivity contribution is 7.09. The quantitative estimate of drug-likeness (QED) is 0.730. The Balaban J connectivity index is 1.52. The second-order valence-electron chi connectivity index (χ2n) is 7.12. The molecule has 1 saturated heterocycles. The van der Waals surface area contributed by atoms with Gasteiger partial charge in [0.25, 0.3) is 0 Å². The van der Waals surface area contributed by atoms with Crippen molar-refractivity contribution >= 4 is 28.8 Å². The first-order chi connectivity index (χ1) is 13.0. The largest absolute Gasteiger partial charge is 0.496 e. The molecule has 5 nitrogen and oxygen atoms in total. The van der Waals surface area contributed by atoms with Gasteiger partial charge in [-0.2, -0.15) is 0 Å². The predicted molar refractivity (Wildman–Crippen MR) is 110 cm³/mol. The zero-order chi connectivity index (χ0) is 19.4. The van der Waals surface area contributed by atoms with Crippen molar-refractivity contribution in [3.05, 3.63) is 44.9 Å². The Kier molecular flexibility index (Phi) is 6.73. The zero-order valence-electron chi connectivity index (χ0n) is 16.1. The number of benzene rings is 1. The lowest BCUT2D eigenvalue weighted by Gasteiger charge is -2.35. The summed E-state index contributed by atoms with van der Waals surface area (Å²) in [6.45, 7) is 8.18.